The molecule has 90 valence electrons. The largest absolute Gasteiger partial charge is 0.532 e. The monoisotopic (exact) mass is 240 g/mol. The number of carbonyl (C=O) groups is 1. The van der Waals surface area contributed by atoms with Crippen LogP contribution < -0.4 is 0 Å². The molecule has 15 heavy (non-hydrogen) atoms. The van der Waals surface area contributed by atoms with E-state index in [1.54, 1.807) is 20.8 Å². The van der Waals surface area contributed by atoms with E-state index >= 15 is 0 Å². The summed E-state index contributed by atoms with van der Waals surface area (Å²) in [6, 6.07) is 0. The summed E-state index contributed by atoms with van der Waals surface area (Å²) in [5.74, 6) is -0.762. The lowest BCUT2D eigenvalue weighted by molar-refractivity contribution is -0.141. The lowest BCUT2D eigenvalue weighted by Gasteiger charge is -2.15. The number of phosphoric acid groups is 1. The maximum atomic E-state index is 11.6. The first-order valence-electron chi connectivity index (χ1n) is 4.77. The van der Waals surface area contributed by atoms with Gasteiger partial charge in [0.2, 0.25) is 0 Å². The highest BCUT2D eigenvalue weighted by Crippen LogP contribution is 2.49. The van der Waals surface area contributed by atoms with Crippen LogP contribution in [0.25, 0.3) is 0 Å². The van der Waals surface area contributed by atoms with E-state index in [1.165, 1.54) is 0 Å². The van der Waals surface area contributed by atoms with Gasteiger partial charge in [-0.1, -0.05) is 0 Å². The van der Waals surface area contributed by atoms with Crippen molar-refractivity contribution in [2.75, 3.05) is 26.4 Å². The Morgan fingerprint density at radius 2 is 1.60 bits per heavy atom. The predicted octanol–water partition coefficient (Wildman–Crippen LogP) is 1.75. The van der Waals surface area contributed by atoms with Crippen LogP contribution in [0.1, 0.15) is 20.8 Å². The van der Waals surface area contributed by atoms with Gasteiger partial charge in [0.15, 0.2) is 0 Å². The molecule has 0 radical (unpaired) electrons. The fraction of sp³-hybridized carbons (Fsp3) is 0.875. The average Bonchev–Trinajstić information content (AvgIpc) is 2.15. The summed E-state index contributed by atoms with van der Waals surface area (Å²) in [5.41, 5.74) is 0. The van der Waals surface area contributed by atoms with E-state index < -0.39 is 13.8 Å². The van der Waals surface area contributed by atoms with Crippen molar-refractivity contribution in [1.29, 1.82) is 0 Å². The van der Waals surface area contributed by atoms with Gasteiger partial charge in [0.25, 0.3) is 0 Å². The van der Waals surface area contributed by atoms with E-state index in [4.69, 9.17) is 13.8 Å². The number of rotatable bonds is 8. The van der Waals surface area contributed by atoms with Crippen molar-refractivity contribution in [2.24, 2.45) is 0 Å². The second kappa shape index (κ2) is 7.82. The van der Waals surface area contributed by atoms with E-state index in [0.717, 1.165) is 0 Å². The molecule has 0 rings (SSSR count). The Hall–Kier alpha value is -0.420. The zero-order chi connectivity index (χ0) is 11.7. The van der Waals surface area contributed by atoms with E-state index in [9.17, 15) is 9.36 Å². The molecule has 0 spiro atoms. The molecule has 6 nitrogen and oxygen atoms in total. The summed E-state index contributed by atoms with van der Waals surface area (Å²) in [7, 11) is -3.75. The van der Waals surface area contributed by atoms with Crippen molar-refractivity contribution in [3.05, 3.63) is 0 Å². The van der Waals surface area contributed by atoms with Gasteiger partial charge >= 0.3 is 13.8 Å². The summed E-state index contributed by atoms with van der Waals surface area (Å²) >= 11 is 0. The molecule has 0 aromatic heterocycles. The van der Waals surface area contributed by atoms with E-state index in [-0.39, 0.29) is 19.8 Å². The first kappa shape index (κ1) is 14.6. The van der Waals surface area contributed by atoms with E-state index in [1.807, 2.05) is 0 Å². The second-order valence-corrected chi connectivity index (χ2v) is 3.98. The van der Waals surface area contributed by atoms with Crippen molar-refractivity contribution >= 4 is 13.8 Å². The van der Waals surface area contributed by atoms with Crippen molar-refractivity contribution < 1.29 is 27.7 Å². The quantitative estimate of drug-likeness (QED) is 0.602. The van der Waals surface area contributed by atoms with Crippen molar-refractivity contribution in [2.45, 2.75) is 20.8 Å². The van der Waals surface area contributed by atoms with Crippen LogP contribution in [0.2, 0.25) is 0 Å². The minimum Gasteiger partial charge on any atom is -0.370 e. The third-order valence-electron chi connectivity index (χ3n) is 1.21. The Morgan fingerprint density at radius 3 is 2.00 bits per heavy atom. The molecular formula is C8H17O6P. The van der Waals surface area contributed by atoms with Crippen LogP contribution >= 0.6 is 7.82 Å². The first-order chi connectivity index (χ1) is 7.08. The molecule has 0 aliphatic carbocycles. The van der Waals surface area contributed by atoms with E-state index in [0.29, 0.717) is 6.61 Å². The van der Waals surface area contributed by atoms with Gasteiger partial charge in [-0.15, -0.1) is 0 Å². The van der Waals surface area contributed by atoms with Crippen molar-refractivity contribution in [1.82, 2.24) is 0 Å². The van der Waals surface area contributed by atoms with Gasteiger partial charge in [-0.25, -0.2) is 9.36 Å². The Morgan fingerprint density at radius 1 is 1.07 bits per heavy atom. The van der Waals surface area contributed by atoms with Crippen LogP contribution in [0.3, 0.4) is 0 Å². The third kappa shape index (κ3) is 6.62. The standard InChI is InChI=1S/C8H17O6P/c1-4-11-7-8(9)14-15(10,12-5-2)13-6-3/h4-7H2,1-3H3. The molecule has 0 bridgehead atoms. The van der Waals surface area contributed by atoms with Crippen LogP contribution in [0.5, 0.6) is 0 Å². The summed E-state index contributed by atoms with van der Waals surface area (Å²) in [6.07, 6.45) is 0. The Labute approximate surface area is 89.5 Å². The normalized spacial score (nSPS) is 11.4. The van der Waals surface area contributed by atoms with Crippen LogP contribution in [-0.4, -0.2) is 32.4 Å². The Balaban J connectivity index is 4.15. The summed E-state index contributed by atoms with van der Waals surface area (Å²) in [6.45, 7) is 5.38. The molecular weight excluding hydrogens is 223 g/mol. The van der Waals surface area contributed by atoms with Gasteiger partial charge in [0.1, 0.15) is 6.61 Å². The minimum atomic E-state index is -3.75. The molecule has 0 aromatic carbocycles. The molecule has 0 saturated heterocycles. The van der Waals surface area contributed by atoms with Crippen LogP contribution in [0, 0.1) is 0 Å². The summed E-state index contributed by atoms with van der Waals surface area (Å²) in [5, 5.41) is 0. The van der Waals surface area contributed by atoms with Crippen molar-refractivity contribution in [3.8, 4) is 0 Å². The zero-order valence-electron chi connectivity index (χ0n) is 9.23. The van der Waals surface area contributed by atoms with Gasteiger partial charge in [-0.05, 0) is 20.8 Å². The summed E-state index contributed by atoms with van der Waals surface area (Å²) in [4.78, 5) is 11.1. The second-order valence-electron chi connectivity index (χ2n) is 2.38. The molecule has 7 heteroatoms. The zero-order valence-corrected chi connectivity index (χ0v) is 10.1. The predicted molar refractivity (Wildman–Crippen MR) is 53.4 cm³/mol. The van der Waals surface area contributed by atoms with Crippen LogP contribution in [0.4, 0.5) is 0 Å². The molecule has 0 unspecified atom stereocenters. The molecule has 0 N–H and O–H groups in total. The van der Waals surface area contributed by atoms with Crippen LogP contribution in [0.15, 0.2) is 0 Å². The molecule has 0 amide bonds. The highest BCUT2D eigenvalue weighted by Gasteiger charge is 2.29. The van der Waals surface area contributed by atoms with Gasteiger partial charge in [0.05, 0.1) is 13.2 Å². The van der Waals surface area contributed by atoms with Crippen molar-refractivity contribution in [3.63, 3.8) is 0 Å². The number of phosphoric ester groups is 1. The fourth-order valence-electron chi connectivity index (χ4n) is 0.743. The average molecular weight is 240 g/mol. The topological polar surface area (TPSA) is 71.1 Å². The highest BCUT2D eigenvalue weighted by molar-refractivity contribution is 7.49. The SMILES string of the molecule is CCOCC(=O)OP(=O)(OCC)OCC. The maximum Gasteiger partial charge on any atom is 0.532 e. The third-order valence-corrected chi connectivity index (χ3v) is 2.79. The Kier molecular flexibility index (Phi) is 7.60. The molecule has 0 atom stereocenters. The van der Waals surface area contributed by atoms with Gasteiger partial charge < -0.3 is 9.26 Å². The minimum absolute atomic E-state index is 0.138. The van der Waals surface area contributed by atoms with Gasteiger partial charge in [-0.3, -0.25) is 9.05 Å². The smallest absolute Gasteiger partial charge is 0.370 e. The molecule has 0 heterocycles. The van der Waals surface area contributed by atoms with Crippen LogP contribution in [-0.2, 0) is 27.7 Å². The van der Waals surface area contributed by atoms with Gasteiger partial charge in [-0.2, -0.15) is 0 Å². The lowest BCUT2D eigenvalue weighted by Crippen LogP contribution is -2.13. The van der Waals surface area contributed by atoms with E-state index in [2.05, 4.69) is 4.52 Å². The van der Waals surface area contributed by atoms with Gasteiger partial charge in [0, 0.05) is 6.61 Å². The molecule has 0 aliphatic heterocycles. The number of hydrogen-bond donors (Lipinski definition) is 0. The number of ether oxygens (including phenoxy) is 1. The summed E-state index contributed by atoms with van der Waals surface area (Å²) < 4.78 is 30.5. The number of hydrogen-bond acceptors (Lipinski definition) is 6. The number of carbonyl (C=O) groups excluding carboxylic acids is 1. The molecule has 0 fully saturated rings. The lowest BCUT2D eigenvalue weighted by atomic mass is 10.7. The first-order valence-corrected chi connectivity index (χ1v) is 6.23. The highest BCUT2D eigenvalue weighted by atomic mass is 31.2. The fourth-order valence-corrected chi connectivity index (χ4v) is 1.86. The Bertz CT molecular complexity index is 219. The maximum absolute atomic E-state index is 11.6. The molecule has 0 saturated carbocycles. The molecule has 0 aromatic rings. The molecule has 0 aliphatic rings.